The first kappa shape index (κ1) is 15.7. The number of likely N-dealkylation sites (N-methyl/N-ethyl adjacent to an activating group) is 1. The summed E-state index contributed by atoms with van der Waals surface area (Å²) in [5, 5.41) is 5.82. The summed E-state index contributed by atoms with van der Waals surface area (Å²) in [6, 6.07) is 13.4. The Hall–Kier alpha value is -0.640. The van der Waals surface area contributed by atoms with E-state index in [0.717, 1.165) is 13.0 Å². The number of rotatable bonds is 6. The van der Waals surface area contributed by atoms with Gasteiger partial charge in [0.15, 0.2) is 0 Å². The molecule has 1 unspecified atom stereocenters. The van der Waals surface area contributed by atoms with Crippen LogP contribution >= 0.6 is 27.3 Å². The van der Waals surface area contributed by atoms with Gasteiger partial charge in [-0.25, -0.2) is 0 Å². The van der Waals surface area contributed by atoms with E-state index in [1.807, 2.05) is 11.3 Å². The third-order valence-electron chi connectivity index (χ3n) is 3.92. The maximum atomic E-state index is 3.67. The lowest BCUT2D eigenvalue weighted by Gasteiger charge is -2.35. The van der Waals surface area contributed by atoms with Crippen molar-refractivity contribution < 1.29 is 0 Å². The molecule has 1 heterocycles. The fourth-order valence-corrected chi connectivity index (χ4v) is 4.12. The number of thiophene rings is 1. The van der Waals surface area contributed by atoms with Crippen LogP contribution in [0.25, 0.3) is 0 Å². The van der Waals surface area contributed by atoms with E-state index in [9.17, 15) is 0 Å². The average molecular weight is 352 g/mol. The Balaban J connectivity index is 2.25. The predicted molar refractivity (Wildman–Crippen MR) is 92.7 cm³/mol. The number of nitrogens with one attached hydrogen (secondary N) is 1. The molecule has 1 atom stereocenters. The van der Waals surface area contributed by atoms with Crippen molar-refractivity contribution in [1.82, 2.24) is 5.32 Å². The minimum Gasteiger partial charge on any atom is -0.313 e. The molecule has 108 valence electrons. The highest BCUT2D eigenvalue weighted by Crippen LogP contribution is 2.32. The quantitative estimate of drug-likeness (QED) is 0.771. The van der Waals surface area contributed by atoms with E-state index >= 15 is 0 Å². The molecule has 0 radical (unpaired) electrons. The van der Waals surface area contributed by atoms with Gasteiger partial charge in [-0.1, -0.05) is 51.1 Å². The lowest BCUT2D eigenvalue weighted by molar-refractivity contribution is 0.344. The second-order valence-electron chi connectivity index (χ2n) is 5.59. The molecule has 0 amide bonds. The number of halogens is 1. The Morgan fingerprint density at radius 2 is 1.90 bits per heavy atom. The molecular weight excluding hydrogens is 330 g/mol. The van der Waals surface area contributed by atoms with Gasteiger partial charge >= 0.3 is 0 Å². The van der Waals surface area contributed by atoms with E-state index in [1.165, 1.54) is 14.9 Å². The van der Waals surface area contributed by atoms with Gasteiger partial charge in [-0.2, -0.15) is 0 Å². The average Bonchev–Trinajstić information content (AvgIpc) is 2.85. The Labute approximate surface area is 134 Å². The summed E-state index contributed by atoms with van der Waals surface area (Å²) in [6.45, 7) is 7.83. The first-order chi connectivity index (χ1) is 9.55. The van der Waals surface area contributed by atoms with Crippen LogP contribution in [-0.4, -0.2) is 12.6 Å². The maximum Gasteiger partial charge on any atom is 0.0314 e. The van der Waals surface area contributed by atoms with Crippen LogP contribution in [0.2, 0.25) is 0 Å². The fourth-order valence-electron chi connectivity index (χ4n) is 2.55. The summed E-state index contributed by atoms with van der Waals surface area (Å²) < 4.78 is 1.23. The zero-order chi connectivity index (χ0) is 14.6. The highest BCUT2D eigenvalue weighted by molar-refractivity contribution is 9.10. The van der Waals surface area contributed by atoms with E-state index in [4.69, 9.17) is 0 Å². The minimum absolute atomic E-state index is 0.0979. The third-order valence-corrected chi connectivity index (χ3v) is 5.87. The van der Waals surface area contributed by atoms with Crippen LogP contribution in [0.1, 0.15) is 31.2 Å². The molecule has 3 heteroatoms. The third kappa shape index (κ3) is 3.51. The van der Waals surface area contributed by atoms with Crippen molar-refractivity contribution in [2.75, 3.05) is 6.54 Å². The Morgan fingerprint density at radius 3 is 2.45 bits per heavy atom. The molecule has 0 fully saturated rings. The van der Waals surface area contributed by atoms with Crippen molar-refractivity contribution in [2.45, 2.75) is 38.6 Å². The highest BCUT2D eigenvalue weighted by Gasteiger charge is 2.31. The van der Waals surface area contributed by atoms with E-state index in [-0.39, 0.29) is 5.41 Å². The largest absolute Gasteiger partial charge is 0.313 e. The first-order valence-corrected chi connectivity index (χ1v) is 8.73. The van der Waals surface area contributed by atoms with Crippen molar-refractivity contribution in [2.24, 2.45) is 0 Å². The number of hydrogen-bond acceptors (Lipinski definition) is 2. The van der Waals surface area contributed by atoms with E-state index < -0.39 is 0 Å². The molecule has 2 rings (SSSR count). The van der Waals surface area contributed by atoms with E-state index in [1.54, 1.807) is 0 Å². The van der Waals surface area contributed by atoms with Crippen LogP contribution in [0.5, 0.6) is 0 Å². The molecule has 1 aromatic carbocycles. The standard InChI is InChI=1S/C17H22BrNS/c1-4-19-16(12-15-14(18)10-11-20-15)17(2,3)13-8-6-5-7-9-13/h5-11,16,19H,4,12H2,1-3H3. The number of benzene rings is 1. The monoisotopic (exact) mass is 351 g/mol. The SMILES string of the molecule is CCNC(Cc1sccc1Br)C(C)(C)c1ccccc1. The van der Waals surface area contributed by atoms with Gasteiger partial charge in [0.1, 0.15) is 0 Å². The molecule has 1 aromatic heterocycles. The van der Waals surface area contributed by atoms with Gasteiger partial charge in [0.25, 0.3) is 0 Å². The normalized spacial score (nSPS) is 13.4. The number of hydrogen-bond donors (Lipinski definition) is 1. The maximum absolute atomic E-state index is 3.67. The fraction of sp³-hybridized carbons (Fsp3) is 0.412. The Bertz CT molecular complexity index is 533. The second-order valence-corrected chi connectivity index (χ2v) is 7.45. The first-order valence-electron chi connectivity index (χ1n) is 7.06. The van der Waals surface area contributed by atoms with Crippen molar-refractivity contribution in [1.29, 1.82) is 0 Å². The van der Waals surface area contributed by atoms with Crippen molar-refractivity contribution in [3.8, 4) is 0 Å². The Kier molecular flexibility index (Phi) is 5.42. The lowest BCUT2D eigenvalue weighted by Crippen LogP contribution is -2.46. The predicted octanol–water partition coefficient (Wildman–Crippen LogP) is 5.01. The zero-order valence-corrected chi connectivity index (χ0v) is 14.7. The van der Waals surface area contributed by atoms with Crippen LogP contribution in [0.4, 0.5) is 0 Å². The van der Waals surface area contributed by atoms with Gasteiger partial charge in [-0.15, -0.1) is 11.3 Å². The molecule has 0 bridgehead atoms. The van der Waals surface area contributed by atoms with Gasteiger partial charge in [0.05, 0.1) is 0 Å². The van der Waals surface area contributed by atoms with Gasteiger partial charge < -0.3 is 5.32 Å². The van der Waals surface area contributed by atoms with Crippen LogP contribution in [-0.2, 0) is 11.8 Å². The summed E-state index contributed by atoms with van der Waals surface area (Å²) in [5.74, 6) is 0. The van der Waals surface area contributed by atoms with Crippen molar-refractivity contribution in [3.05, 3.63) is 56.7 Å². The summed E-state index contributed by atoms with van der Waals surface area (Å²) in [7, 11) is 0. The van der Waals surface area contributed by atoms with Crippen LogP contribution in [0.15, 0.2) is 46.3 Å². The van der Waals surface area contributed by atoms with Crippen molar-refractivity contribution >= 4 is 27.3 Å². The molecule has 20 heavy (non-hydrogen) atoms. The van der Waals surface area contributed by atoms with E-state index in [2.05, 4.69) is 83.8 Å². The Morgan fingerprint density at radius 1 is 1.20 bits per heavy atom. The molecule has 1 N–H and O–H groups in total. The lowest BCUT2D eigenvalue weighted by atomic mass is 9.76. The van der Waals surface area contributed by atoms with Crippen molar-refractivity contribution in [3.63, 3.8) is 0 Å². The molecule has 2 aromatic rings. The second kappa shape index (κ2) is 6.88. The molecule has 0 saturated carbocycles. The summed E-state index contributed by atoms with van der Waals surface area (Å²) in [5.41, 5.74) is 1.49. The van der Waals surface area contributed by atoms with Crippen LogP contribution in [0, 0.1) is 0 Å². The van der Waals surface area contributed by atoms with Crippen LogP contribution < -0.4 is 5.32 Å². The molecule has 0 aliphatic heterocycles. The summed E-state index contributed by atoms with van der Waals surface area (Å²) in [4.78, 5) is 1.42. The van der Waals surface area contributed by atoms with Gasteiger partial charge in [-0.3, -0.25) is 0 Å². The van der Waals surface area contributed by atoms with Gasteiger partial charge in [0.2, 0.25) is 0 Å². The smallest absolute Gasteiger partial charge is 0.0314 e. The molecule has 0 spiro atoms. The molecule has 1 nitrogen and oxygen atoms in total. The molecule has 0 aliphatic carbocycles. The van der Waals surface area contributed by atoms with E-state index in [0.29, 0.717) is 6.04 Å². The molecule has 0 aliphatic rings. The van der Waals surface area contributed by atoms with Gasteiger partial charge in [-0.05, 0) is 45.9 Å². The summed E-state index contributed by atoms with van der Waals surface area (Å²) >= 11 is 5.48. The topological polar surface area (TPSA) is 12.0 Å². The van der Waals surface area contributed by atoms with Crippen LogP contribution in [0.3, 0.4) is 0 Å². The molecule has 0 saturated heterocycles. The van der Waals surface area contributed by atoms with Gasteiger partial charge in [0, 0.05) is 20.8 Å². The minimum atomic E-state index is 0.0979. The zero-order valence-electron chi connectivity index (χ0n) is 12.3. The molecular formula is C17H22BrNS. The highest BCUT2D eigenvalue weighted by atomic mass is 79.9. The summed E-state index contributed by atoms with van der Waals surface area (Å²) in [6.07, 6.45) is 1.05.